The van der Waals surface area contributed by atoms with E-state index in [-0.39, 0.29) is 5.75 Å². The third kappa shape index (κ3) is 3.25. The lowest BCUT2D eigenvalue weighted by atomic mass is 9.94. The lowest BCUT2D eigenvalue weighted by Crippen LogP contribution is -2.37. The van der Waals surface area contributed by atoms with Crippen molar-refractivity contribution in [2.24, 2.45) is 0 Å². The first kappa shape index (κ1) is 14.9. The fourth-order valence-corrected chi connectivity index (χ4v) is 2.89. The monoisotopic (exact) mass is 307 g/mol. The molecule has 2 aromatic rings. The third-order valence-corrected chi connectivity index (χ3v) is 3.92. The maximum absolute atomic E-state index is 12.5. The first-order valence-corrected chi connectivity index (χ1v) is 7.12. The van der Waals surface area contributed by atoms with Crippen LogP contribution in [0.5, 0.6) is 5.75 Å². The largest absolute Gasteiger partial charge is 0.507 e. The summed E-state index contributed by atoms with van der Waals surface area (Å²) in [6, 6.07) is 12.7. The molecule has 0 aromatic heterocycles. The number of nitrogens with zero attached hydrogens (tertiary/aromatic N) is 1. The van der Waals surface area contributed by atoms with Gasteiger partial charge in [0.1, 0.15) is 5.75 Å². The van der Waals surface area contributed by atoms with E-state index in [2.05, 4.69) is 0 Å². The number of fused-ring (bicyclic) bond motifs is 1. The highest BCUT2D eigenvalue weighted by Crippen LogP contribution is 2.32. The molecule has 0 saturated heterocycles. The van der Waals surface area contributed by atoms with Crippen molar-refractivity contribution in [1.82, 2.24) is 4.90 Å². The number of aromatic hydroxyl groups is 1. The van der Waals surface area contributed by atoms with Crippen molar-refractivity contribution in [1.29, 1.82) is 0 Å². The summed E-state index contributed by atoms with van der Waals surface area (Å²) in [5, 5.41) is 9.90. The number of benzene rings is 2. The molecule has 0 bridgehead atoms. The molecule has 1 N–H and O–H groups in total. The molecule has 0 amide bonds. The average molecular weight is 307 g/mol. The number of rotatable bonds is 2. The molecule has 3 rings (SSSR count). The van der Waals surface area contributed by atoms with Crippen molar-refractivity contribution < 1.29 is 18.3 Å². The van der Waals surface area contributed by atoms with Crippen molar-refractivity contribution in [2.45, 2.75) is 19.1 Å². The van der Waals surface area contributed by atoms with Gasteiger partial charge in [0.15, 0.2) is 0 Å². The predicted octanol–water partition coefficient (Wildman–Crippen LogP) is 3.98. The number of hydrogen-bond donors (Lipinski definition) is 1. The van der Waals surface area contributed by atoms with Gasteiger partial charge in [0, 0.05) is 18.7 Å². The summed E-state index contributed by atoms with van der Waals surface area (Å²) in [6.45, 7) is -0.152. The molecule has 116 valence electrons. The first-order chi connectivity index (χ1) is 10.4. The van der Waals surface area contributed by atoms with Gasteiger partial charge >= 0.3 is 6.18 Å². The highest BCUT2D eigenvalue weighted by molar-refractivity contribution is 5.71. The Bertz CT molecular complexity index is 682. The summed E-state index contributed by atoms with van der Waals surface area (Å²) < 4.78 is 37.4. The van der Waals surface area contributed by atoms with Crippen LogP contribution < -0.4 is 0 Å². The zero-order valence-electron chi connectivity index (χ0n) is 11.9. The van der Waals surface area contributed by atoms with Crippen molar-refractivity contribution in [2.75, 3.05) is 13.1 Å². The number of para-hydroxylation sites is 1. The normalized spacial score (nSPS) is 15.6. The maximum atomic E-state index is 12.5. The molecule has 0 atom stereocenters. The molecule has 2 aromatic carbocycles. The number of hydrogen-bond acceptors (Lipinski definition) is 2. The topological polar surface area (TPSA) is 23.5 Å². The van der Waals surface area contributed by atoms with Gasteiger partial charge in [0.05, 0.1) is 6.54 Å². The van der Waals surface area contributed by atoms with E-state index in [0.717, 1.165) is 22.3 Å². The molecule has 0 spiro atoms. The molecule has 1 aliphatic heterocycles. The minimum atomic E-state index is -4.16. The van der Waals surface area contributed by atoms with Gasteiger partial charge in [-0.3, -0.25) is 4.90 Å². The van der Waals surface area contributed by atoms with Crippen LogP contribution in [0.4, 0.5) is 13.2 Å². The fraction of sp³-hybridized carbons (Fsp3) is 0.294. The molecular weight excluding hydrogens is 291 g/mol. The molecule has 0 unspecified atom stereocenters. The molecule has 2 nitrogen and oxygen atoms in total. The molecule has 1 aliphatic rings. The van der Waals surface area contributed by atoms with Crippen LogP contribution in [0.2, 0.25) is 0 Å². The molecular formula is C17H16F3NO. The van der Waals surface area contributed by atoms with Gasteiger partial charge in [-0.1, -0.05) is 36.4 Å². The van der Waals surface area contributed by atoms with E-state index < -0.39 is 12.7 Å². The Balaban J connectivity index is 1.84. The lowest BCUT2D eigenvalue weighted by molar-refractivity contribution is -0.147. The molecule has 22 heavy (non-hydrogen) atoms. The quantitative estimate of drug-likeness (QED) is 0.907. The zero-order valence-corrected chi connectivity index (χ0v) is 11.9. The summed E-state index contributed by atoms with van der Waals surface area (Å²) in [7, 11) is 0. The van der Waals surface area contributed by atoms with Crippen molar-refractivity contribution in [3.05, 3.63) is 53.6 Å². The molecule has 0 aliphatic carbocycles. The fourth-order valence-electron chi connectivity index (χ4n) is 2.89. The lowest BCUT2D eigenvalue weighted by Gasteiger charge is -2.29. The van der Waals surface area contributed by atoms with Gasteiger partial charge < -0.3 is 5.11 Å². The number of alkyl halides is 3. The summed E-state index contributed by atoms with van der Waals surface area (Å²) in [6.07, 6.45) is -3.57. The number of phenolic OH excluding ortho intramolecular Hbond substituents is 1. The van der Waals surface area contributed by atoms with E-state index >= 15 is 0 Å². The van der Waals surface area contributed by atoms with Gasteiger partial charge in [0.2, 0.25) is 0 Å². The Morgan fingerprint density at radius 3 is 2.55 bits per heavy atom. The Kier molecular flexibility index (Phi) is 3.83. The second kappa shape index (κ2) is 5.65. The van der Waals surface area contributed by atoms with Gasteiger partial charge in [0.25, 0.3) is 0 Å². The van der Waals surface area contributed by atoms with E-state index in [1.165, 1.54) is 4.90 Å². The van der Waals surface area contributed by atoms with Crippen LogP contribution in [0.25, 0.3) is 11.1 Å². The van der Waals surface area contributed by atoms with E-state index in [9.17, 15) is 18.3 Å². The van der Waals surface area contributed by atoms with Crippen LogP contribution in [0, 0.1) is 0 Å². The zero-order chi connectivity index (χ0) is 15.7. The summed E-state index contributed by atoms with van der Waals surface area (Å²) in [5.41, 5.74) is 3.61. The minimum Gasteiger partial charge on any atom is -0.507 e. The Hall–Kier alpha value is -2.01. The van der Waals surface area contributed by atoms with Crippen molar-refractivity contribution in [3.63, 3.8) is 0 Å². The first-order valence-electron chi connectivity index (χ1n) is 7.12. The Labute approximate surface area is 126 Å². The summed E-state index contributed by atoms with van der Waals surface area (Å²) >= 11 is 0. The van der Waals surface area contributed by atoms with Crippen LogP contribution in [0.1, 0.15) is 11.1 Å². The van der Waals surface area contributed by atoms with Gasteiger partial charge in [-0.2, -0.15) is 13.2 Å². The van der Waals surface area contributed by atoms with Crippen LogP contribution >= 0.6 is 0 Å². The second-order valence-electron chi connectivity index (χ2n) is 5.58. The smallest absolute Gasteiger partial charge is 0.401 e. The van der Waals surface area contributed by atoms with Gasteiger partial charge in [-0.05, 0) is 29.2 Å². The Morgan fingerprint density at radius 2 is 1.82 bits per heavy atom. The predicted molar refractivity (Wildman–Crippen MR) is 78.6 cm³/mol. The highest BCUT2D eigenvalue weighted by Gasteiger charge is 2.32. The van der Waals surface area contributed by atoms with E-state index in [1.807, 2.05) is 30.3 Å². The van der Waals surface area contributed by atoms with Crippen molar-refractivity contribution >= 4 is 0 Å². The van der Waals surface area contributed by atoms with Crippen LogP contribution in [0.15, 0.2) is 42.5 Å². The van der Waals surface area contributed by atoms with E-state index in [4.69, 9.17) is 0 Å². The number of halogens is 3. The van der Waals surface area contributed by atoms with Gasteiger partial charge in [-0.25, -0.2) is 0 Å². The molecule has 5 heteroatoms. The van der Waals surface area contributed by atoms with Crippen molar-refractivity contribution in [3.8, 4) is 16.9 Å². The van der Waals surface area contributed by atoms with E-state index in [0.29, 0.717) is 19.5 Å². The van der Waals surface area contributed by atoms with E-state index in [1.54, 1.807) is 12.1 Å². The second-order valence-corrected chi connectivity index (χ2v) is 5.58. The Morgan fingerprint density at radius 1 is 1.05 bits per heavy atom. The van der Waals surface area contributed by atoms with Crippen LogP contribution in [-0.4, -0.2) is 29.3 Å². The molecule has 1 heterocycles. The molecule has 0 radical (unpaired) electrons. The van der Waals surface area contributed by atoms with Gasteiger partial charge in [-0.15, -0.1) is 0 Å². The molecule has 0 fully saturated rings. The third-order valence-electron chi connectivity index (χ3n) is 3.92. The standard InChI is InChI=1S/C17H16F3NO/c18-17(19,20)11-21-8-7-12-9-13(5-6-14(12)10-21)15-3-1-2-4-16(15)22/h1-6,9,22H,7-8,10-11H2. The minimum absolute atomic E-state index is 0.206. The number of phenols is 1. The van der Waals surface area contributed by atoms with Crippen LogP contribution in [-0.2, 0) is 13.0 Å². The summed E-state index contributed by atoms with van der Waals surface area (Å²) in [4.78, 5) is 1.42. The summed E-state index contributed by atoms with van der Waals surface area (Å²) in [5.74, 6) is 0.206. The SMILES string of the molecule is Oc1ccccc1-c1ccc2c(c1)CCN(CC(F)(F)F)C2. The highest BCUT2D eigenvalue weighted by atomic mass is 19.4. The average Bonchev–Trinajstić information content (AvgIpc) is 2.45. The maximum Gasteiger partial charge on any atom is 0.401 e. The van der Waals surface area contributed by atoms with Crippen LogP contribution in [0.3, 0.4) is 0 Å². The molecule has 0 saturated carbocycles.